The molecule has 0 rings (SSSR count). The van der Waals surface area contributed by atoms with Crippen LogP contribution in [-0.2, 0) is 9.53 Å². The highest BCUT2D eigenvalue weighted by atomic mass is 16.5. The van der Waals surface area contributed by atoms with Gasteiger partial charge >= 0.3 is 5.97 Å². The van der Waals surface area contributed by atoms with Crippen molar-refractivity contribution in [1.29, 1.82) is 0 Å². The number of carbonyl (C=O) groups is 1. The molecule has 0 fully saturated rings. The molecule has 4 nitrogen and oxygen atoms in total. The summed E-state index contributed by atoms with van der Waals surface area (Å²) in [5.41, 5.74) is 5.09. The molecule has 96 valence electrons. The SMILES string of the molecule is CCCN(C)C(C)CC(C)(N)C(=O)OCC. The Morgan fingerprint density at radius 1 is 1.50 bits per heavy atom. The summed E-state index contributed by atoms with van der Waals surface area (Å²) in [6, 6.07) is 0.277. The van der Waals surface area contributed by atoms with Gasteiger partial charge in [0.1, 0.15) is 5.54 Å². The lowest BCUT2D eigenvalue weighted by atomic mass is 9.94. The number of nitrogens with zero attached hydrogens (tertiary/aromatic N) is 1. The summed E-state index contributed by atoms with van der Waals surface area (Å²) in [5, 5.41) is 0. The van der Waals surface area contributed by atoms with E-state index in [0.29, 0.717) is 13.0 Å². The van der Waals surface area contributed by atoms with Crippen LogP contribution < -0.4 is 5.73 Å². The molecule has 0 spiro atoms. The first-order chi connectivity index (χ1) is 7.35. The predicted molar refractivity (Wildman–Crippen MR) is 66.2 cm³/mol. The molecule has 0 aromatic carbocycles. The molecule has 0 bridgehead atoms. The molecule has 0 amide bonds. The molecule has 0 aromatic heterocycles. The summed E-state index contributed by atoms with van der Waals surface area (Å²) < 4.78 is 4.96. The van der Waals surface area contributed by atoms with Gasteiger partial charge in [-0.15, -0.1) is 0 Å². The van der Waals surface area contributed by atoms with Crippen LogP contribution in [0.4, 0.5) is 0 Å². The van der Waals surface area contributed by atoms with Crippen LogP contribution in [-0.4, -0.2) is 42.6 Å². The number of rotatable bonds is 7. The Hall–Kier alpha value is -0.610. The van der Waals surface area contributed by atoms with Crippen molar-refractivity contribution in [3.63, 3.8) is 0 Å². The van der Waals surface area contributed by atoms with E-state index in [9.17, 15) is 4.79 Å². The van der Waals surface area contributed by atoms with Gasteiger partial charge in [0.25, 0.3) is 0 Å². The Labute approximate surface area is 99.1 Å². The van der Waals surface area contributed by atoms with E-state index in [1.165, 1.54) is 0 Å². The highest BCUT2D eigenvalue weighted by Gasteiger charge is 2.32. The zero-order chi connectivity index (χ0) is 12.8. The van der Waals surface area contributed by atoms with E-state index in [1.807, 2.05) is 0 Å². The fourth-order valence-corrected chi connectivity index (χ4v) is 1.72. The van der Waals surface area contributed by atoms with Crippen molar-refractivity contribution in [1.82, 2.24) is 4.90 Å². The van der Waals surface area contributed by atoms with Crippen LogP contribution in [0.2, 0.25) is 0 Å². The Bertz CT molecular complexity index is 217. The molecule has 2 atom stereocenters. The van der Waals surface area contributed by atoms with E-state index < -0.39 is 5.54 Å². The van der Waals surface area contributed by atoms with Gasteiger partial charge in [0, 0.05) is 6.04 Å². The van der Waals surface area contributed by atoms with Crippen molar-refractivity contribution in [3.05, 3.63) is 0 Å². The number of hydrogen-bond acceptors (Lipinski definition) is 4. The first-order valence-corrected chi connectivity index (χ1v) is 6.01. The number of carbonyl (C=O) groups excluding carboxylic acids is 1. The fourth-order valence-electron chi connectivity index (χ4n) is 1.72. The van der Waals surface area contributed by atoms with Gasteiger partial charge in [-0.1, -0.05) is 6.92 Å². The number of hydrogen-bond donors (Lipinski definition) is 1. The van der Waals surface area contributed by atoms with Crippen LogP contribution in [0.1, 0.15) is 40.5 Å². The van der Waals surface area contributed by atoms with Gasteiger partial charge in [-0.25, -0.2) is 0 Å². The Morgan fingerprint density at radius 2 is 2.06 bits per heavy atom. The summed E-state index contributed by atoms with van der Waals surface area (Å²) in [6.07, 6.45) is 1.71. The maximum Gasteiger partial charge on any atom is 0.325 e. The largest absolute Gasteiger partial charge is 0.465 e. The van der Waals surface area contributed by atoms with Crippen molar-refractivity contribution in [2.75, 3.05) is 20.2 Å². The molecule has 0 aliphatic heterocycles. The van der Waals surface area contributed by atoms with Crippen molar-refractivity contribution in [2.24, 2.45) is 5.73 Å². The zero-order valence-electron chi connectivity index (χ0n) is 11.2. The summed E-state index contributed by atoms with van der Waals surface area (Å²) in [7, 11) is 2.05. The molecule has 0 aliphatic rings. The van der Waals surface area contributed by atoms with Crippen LogP contribution in [0, 0.1) is 0 Å². The van der Waals surface area contributed by atoms with Gasteiger partial charge in [-0.3, -0.25) is 4.79 Å². The second kappa shape index (κ2) is 6.86. The molecule has 4 heteroatoms. The summed E-state index contributed by atoms with van der Waals surface area (Å²) in [5.74, 6) is -0.313. The standard InChI is InChI=1S/C12H26N2O2/c1-6-8-14(5)10(3)9-12(4,13)11(15)16-7-2/h10H,6-9,13H2,1-5H3. The number of ether oxygens (including phenoxy) is 1. The molecule has 16 heavy (non-hydrogen) atoms. The molecule has 0 heterocycles. The number of nitrogens with two attached hydrogens (primary N) is 1. The third-order valence-electron chi connectivity index (χ3n) is 2.79. The molecule has 2 N–H and O–H groups in total. The van der Waals surface area contributed by atoms with Gasteiger partial charge in [0.2, 0.25) is 0 Å². The van der Waals surface area contributed by atoms with Crippen molar-refractivity contribution in [2.45, 2.75) is 52.1 Å². The molecule has 0 aliphatic carbocycles. The van der Waals surface area contributed by atoms with Crippen LogP contribution in [0.25, 0.3) is 0 Å². The predicted octanol–water partition coefficient (Wildman–Crippen LogP) is 1.39. The average molecular weight is 230 g/mol. The van der Waals surface area contributed by atoms with Crippen LogP contribution in [0.5, 0.6) is 0 Å². The third-order valence-corrected chi connectivity index (χ3v) is 2.79. The van der Waals surface area contributed by atoms with E-state index in [-0.39, 0.29) is 12.0 Å². The summed E-state index contributed by atoms with van der Waals surface area (Å²) >= 11 is 0. The minimum atomic E-state index is -0.891. The molecule has 0 aromatic rings. The van der Waals surface area contributed by atoms with E-state index in [1.54, 1.807) is 13.8 Å². The summed E-state index contributed by atoms with van der Waals surface area (Å²) in [6.45, 7) is 9.14. The van der Waals surface area contributed by atoms with Gasteiger partial charge in [0.15, 0.2) is 0 Å². The highest BCUT2D eigenvalue weighted by molar-refractivity contribution is 5.80. The zero-order valence-corrected chi connectivity index (χ0v) is 11.2. The molecule has 0 radical (unpaired) electrons. The molecule has 2 unspecified atom stereocenters. The van der Waals surface area contributed by atoms with E-state index in [2.05, 4.69) is 25.8 Å². The number of esters is 1. The van der Waals surface area contributed by atoms with Gasteiger partial charge in [-0.2, -0.15) is 0 Å². The third kappa shape index (κ3) is 4.94. The maximum atomic E-state index is 11.6. The topological polar surface area (TPSA) is 55.6 Å². The highest BCUT2D eigenvalue weighted by Crippen LogP contribution is 2.15. The van der Waals surface area contributed by atoms with E-state index >= 15 is 0 Å². The second-order valence-electron chi connectivity index (χ2n) is 4.67. The molecule has 0 saturated heterocycles. The van der Waals surface area contributed by atoms with Crippen LogP contribution in [0.3, 0.4) is 0 Å². The lowest BCUT2D eigenvalue weighted by molar-refractivity contribution is -0.149. The van der Waals surface area contributed by atoms with Gasteiger partial charge < -0.3 is 15.4 Å². The minimum Gasteiger partial charge on any atom is -0.465 e. The minimum absolute atomic E-state index is 0.277. The first kappa shape index (κ1) is 15.4. The average Bonchev–Trinajstić information content (AvgIpc) is 2.17. The molecular weight excluding hydrogens is 204 g/mol. The Morgan fingerprint density at radius 3 is 2.50 bits per heavy atom. The van der Waals surface area contributed by atoms with Gasteiger partial charge in [0.05, 0.1) is 6.61 Å². The smallest absolute Gasteiger partial charge is 0.325 e. The normalized spacial score (nSPS) is 16.9. The molecule has 0 saturated carbocycles. The summed E-state index contributed by atoms with van der Waals surface area (Å²) in [4.78, 5) is 13.8. The van der Waals surface area contributed by atoms with Crippen molar-refractivity contribution >= 4 is 5.97 Å². The van der Waals surface area contributed by atoms with Gasteiger partial charge in [-0.05, 0) is 47.2 Å². The lowest BCUT2D eigenvalue weighted by Gasteiger charge is -2.31. The molecular formula is C12H26N2O2. The van der Waals surface area contributed by atoms with Crippen LogP contribution in [0.15, 0.2) is 0 Å². The van der Waals surface area contributed by atoms with E-state index in [4.69, 9.17) is 10.5 Å². The quantitative estimate of drug-likeness (QED) is 0.671. The monoisotopic (exact) mass is 230 g/mol. The maximum absolute atomic E-state index is 11.6. The van der Waals surface area contributed by atoms with Crippen molar-refractivity contribution < 1.29 is 9.53 Å². The van der Waals surface area contributed by atoms with Crippen LogP contribution >= 0.6 is 0 Å². The lowest BCUT2D eigenvalue weighted by Crippen LogP contribution is -2.50. The van der Waals surface area contributed by atoms with E-state index in [0.717, 1.165) is 13.0 Å². The Kier molecular flexibility index (Phi) is 6.60. The Balaban J connectivity index is 4.28. The second-order valence-corrected chi connectivity index (χ2v) is 4.67. The fraction of sp³-hybridized carbons (Fsp3) is 0.917. The first-order valence-electron chi connectivity index (χ1n) is 6.01. The van der Waals surface area contributed by atoms with Crippen molar-refractivity contribution in [3.8, 4) is 0 Å².